The van der Waals surface area contributed by atoms with Gasteiger partial charge in [-0.3, -0.25) is 4.79 Å². The van der Waals surface area contributed by atoms with Crippen LogP contribution >= 0.6 is 0 Å². The molecule has 8 heteroatoms. The Balaban J connectivity index is 1.31. The molecule has 1 aromatic heterocycles. The van der Waals surface area contributed by atoms with Crippen LogP contribution in [0.15, 0.2) is 59.5 Å². The van der Waals surface area contributed by atoms with E-state index in [0.29, 0.717) is 28.3 Å². The van der Waals surface area contributed by atoms with Crippen LogP contribution in [0, 0.1) is 5.92 Å². The van der Waals surface area contributed by atoms with E-state index in [-0.39, 0.29) is 23.7 Å². The van der Waals surface area contributed by atoms with Crippen LogP contribution in [-0.4, -0.2) is 41.9 Å². The number of hydrogen-bond acceptors (Lipinski definition) is 4. The first-order chi connectivity index (χ1) is 17.2. The zero-order valence-electron chi connectivity index (χ0n) is 20.1. The van der Waals surface area contributed by atoms with Gasteiger partial charge in [0.1, 0.15) is 12.0 Å². The Bertz CT molecular complexity index is 1460. The molecule has 2 aromatic carbocycles. The SMILES string of the molecule is CS(=O)(=O)c1ccc2nc(C3=CC=C(c4ccc(C5CCC(CC(=O)O)CC5)cc4)CC3F)[nH]c2c1. The van der Waals surface area contributed by atoms with Gasteiger partial charge in [0.05, 0.1) is 15.9 Å². The molecule has 1 unspecified atom stereocenters. The van der Waals surface area contributed by atoms with Crippen LogP contribution in [0.2, 0.25) is 0 Å². The molecule has 1 fully saturated rings. The van der Waals surface area contributed by atoms with Gasteiger partial charge in [-0.05, 0) is 72.4 Å². The molecule has 0 saturated heterocycles. The molecule has 1 saturated carbocycles. The van der Waals surface area contributed by atoms with Crippen molar-refractivity contribution in [3.8, 4) is 0 Å². The zero-order valence-corrected chi connectivity index (χ0v) is 20.9. The maximum atomic E-state index is 15.3. The van der Waals surface area contributed by atoms with Crippen molar-refractivity contribution in [1.82, 2.24) is 9.97 Å². The molecule has 188 valence electrons. The van der Waals surface area contributed by atoms with Gasteiger partial charge in [-0.2, -0.15) is 0 Å². The summed E-state index contributed by atoms with van der Waals surface area (Å²) in [5.74, 6) is 0.420. The number of sulfone groups is 1. The average Bonchev–Trinajstić information content (AvgIpc) is 3.27. The lowest BCUT2D eigenvalue weighted by atomic mass is 9.77. The smallest absolute Gasteiger partial charge is 0.303 e. The van der Waals surface area contributed by atoms with Crippen LogP contribution in [0.5, 0.6) is 0 Å². The zero-order chi connectivity index (χ0) is 25.4. The van der Waals surface area contributed by atoms with E-state index in [0.717, 1.165) is 43.1 Å². The summed E-state index contributed by atoms with van der Waals surface area (Å²) in [6.45, 7) is 0. The van der Waals surface area contributed by atoms with Crippen molar-refractivity contribution in [2.75, 3.05) is 6.26 Å². The third-order valence-corrected chi connectivity index (χ3v) is 8.53. The fourth-order valence-corrected chi connectivity index (χ4v) is 6.03. The number of allylic oxidation sites excluding steroid dienone is 4. The van der Waals surface area contributed by atoms with Gasteiger partial charge in [-0.25, -0.2) is 17.8 Å². The second-order valence-corrected chi connectivity index (χ2v) is 12.0. The minimum absolute atomic E-state index is 0.193. The standard InChI is InChI=1S/C28H29FN2O4S/c1-36(34,35)22-11-13-25-26(16-22)31-28(30-25)23-12-10-21(15-24(23)29)20-8-6-19(7-9-20)18-4-2-17(3-5-18)14-27(32)33/h6-13,16-18,24H,2-5,14-15H2,1H3,(H,30,31)(H,32,33). The predicted octanol–water partition coefficient (Wildman–Crippen LogP) is 5.92. The van der Waals surface area contributed by atoms with Crippen molar-refractivity contribution in [3.05, 3.63) is 71.6 Å². The molecule has 2 aliphatic carbocycles. The van der Waals surface area contributed by atoms with Crippen LogP contribution in [0.25, 0.3) is 22.2 Å². The fourth-order valence-electron chi connectivity index (χ4n) is 5.38. The number of aromatic nitrogens is 2. The monoisotopic (exact) mass is 508 g/mol. The highest BCUT2D eigenvalue weighted by Gasteiger charge is 2.26. The summed E-state index contributed by atoms with van der Waals surface area (Å²) in [5.41, 5.74) is 4.76. The number of carboxylic acids is 1. The molecule has 0 radical (unpaired) electrons. The number of H-pyrrole nitrogens is 1. The number of imidazole rings is 1. The van der Waals surface area contributed by atoms with E-state index >= 15 is 4.39 Å². The van der Waals surface area contributed by atoms with Crippen molar-refractivity contribution in [2.24, 2.45) is 5.92 Å². The Kier molecular flexibility index (Phi) is 6.55. The fraction of sp³-hybridized carbons (Fsp3) is 0.357. The first-order valence-corrected chi connectivity index (χ1v) is 14.1. The summed E-state index contributed by atoms with van der Waals surface area (Å²) in [6.07, 6.45) is 7.97. The molecule has 1 heterocycles. The molecule has 5 rings (SSSR count). The van der Waals surface area contributed by atoms with E-state index in [1.807, 2.05) is 18.2 Å². The number of benzene rings is 2. The number of nitrogens with zero attached hydrogens (tertiary/aromatic N) is 1. The van der Waals surface area contributed by atoms with Gasteiger partial charge in [-0.1, -0.05) is 36.4 Å². The lowest BCUT2D eigenvalue weighted by molar-refractivity contribution is -0.138. The number of carboxylic acid groups (broad SMARTS) is 1. The first kappa shape index (κ1) is 24.4. The molecule has 36 heavy (non-hydrogen) atoms. The number of carbonyl (C=O) groups is 1. The second kappa shape index (κ2) is 9.65. The molecule has 6 nitrogen and oxygen atoms in total. The normalized spacial score (nSPS) is 22.8. The number of fused-ring (bicyclic) bond motifs is 1. The van der Waals surface area contributed by atoms with Crippen molar-refractivity contribution < 1.29 is 22.7 Å². The van der Waals surface area contributed by atoms with Gasteiger partial charge >= 0.3 is 5.97 Å². The predicted molar refractivity (Wildman–Crippen MR) is 138 cm³/mol. The molecule has 2 N–H and O–H groups in total. The molecule has 0 spiro atoms. The van der Waals surface area contributed by atoms with E-state index < -0.39 is 22.0 Å². The summed E-state index contributed by atoms with van der Waals surface area (Å²) < 4.78 is 38.9. The van der Waals surface area contributed by atoms with Crippen LogP contribution in [-0.2, 0) is 14.6 Å². The lowest BCUT2D eigenvalue weighted by Crippen LogP contribution is -2.16. The number of nitrogens with one attached hydrogen (secondary N) is 1. The van der Waals surface area contributed by atoms with Crippen LogP contribution in [0.3, 0.4) is 0 Å². The van der Waals surface area contributed by atoms with E-state index in [9.17, 15) is 13.2 Å². The molecule has 0 aliphatic heterocycles. The van der Waals surface area contributed by atoms with Gasteiger partial charge < -0.3 is 10.1 Å². The largest absolute Gasteiger partial charge is 0.481 e. The van der Waals surface area contributed by atoms with Crippen LogP contribution in [0.4, 0.5) is 4.39 Å². The van der Waals surface area contributed by atoms with Crippen molar-refractivity contribution in [2.45, 2.75) is 55.5 Å². The van der Waals surface area contributed by atoms with Crippen molar-refractivity contribution >= 4 is 38.0 Å². The summed E-state index contributed by atoms with van der Waals surface area (Å²) >= 11 is 0. The topological polar surface area (TPSA) is 100 Å². The number of halogens is 1. The summed E-state index contributed by atoms with van der Waals surface area (Å²) in [6, 6.07) is 13.0. The molecular formula is C28H29FN2O4S. The Morgan fingerprint density at radius 3 is 2.44 bits per heavy atom. The highest BCUT2D eigenvalue weighted by Crippen LogP contribution is 2.38. The Labute approximate surface area is 209 Å². The third kappa shape index (κ3) is 5.14. The van der Waals surface area contributed by atoms with Crippen molar-refractivity contribution in [1.29, 1.82) is 0 Å². The quantitative estimate of drug-likeness (QED) is 0.430. The van der Waals surface area contributed by atoms with Gasteiger partial charge in [-0.15, -0.1) is 0 Å². The molecule has 3 aromatic rings. The molecule has 2 aliphatic rings. The minimum atomic E-state index is -3.34. The minimum Gasteiger partial charge on any atom is -0.481 e. The number of rotatable bonds is 6. The van der Waals surface area contributed by atoms with E-state index in [1.54, 1.807) is 12.1 Å². The Morgan fingerprint density at radius 2 is 1.81 bits per heavy atom. The number of alkyl halides is 1. The molecule has 0 bridgehead atoms. The average molecular weight is 509 g/mol. The number of hydrogen-bond donors (Lipinski definition) is 2. The lowest BCUT2D eigenvalue weighted by Gasteiger charge is -2.28. The molecule has 0 amide bonds. The maximum absolute atomic E-state index is 15.3. The van der Waals surface area contributed by atoms with Crippen LogP contribution < -0.4 is 0 Å². The van der Waals surface area contributed by atoms with Gasteiger partial charge in [0.2, 0.25) is 0 Å². The maximum Gasteiger partial charge on any atom is 0.303 e. The Hall–Kier alpha value is -3.26. The summed E-state index contributed by atoms with van der Waals surface area (Å²) in [5, 5.41) is 9.01. The third-order valence-electron chi connectivity index (χ3n) is 7.42. The van der Waals surface area contributed by atoms with Crippen molar-refractivity contribution in [3.63, 3.8) is 0 Å². The van der Waals surface area contributed by atoms with Gasteiger partial charge in [0.25, 0.3) is 0 Å². The van der Waals surface area contributed by atoms with E-state index in [1.165, 1.54) is 17.7 Å². The highest BCUT2D eigenvalue weighted by molar-refractivity contribution is 7.90. The second-order valence-electron chi connectivity index (χ2n) is 9.96. The molecular weight excluding hydrogens is 479 g/mol. The number of aliphatic carboxylic acids is 1. The van der Waals surface area contributed by atoms with Gasteiger partial charge in [0, 0.05) is 24.7 Å². The van der Waals surface area contributed by atoms with Gasteiger partial charge in [0.15, 0.2) is 9.84 Å². The summed E-state index contributed by atoms with van der Waals surface area (Å²) in [7, 11) is -3.34. The van der Waals surface area contributed by atoms with Crippen LogP contribution in [0.1, 0.15) is 61.4 Å². The summed E-state index contributed by atoms with van der Waals surface area (Å²) in [4.78, 5) is 18.7. The van der Waals surface area contributed by atoms with E-state index in [4.69, 9.17) is 5.11 Å². The first-order valence-electron chi connectivity index (χ1n) is 12.2. The highest BCUT2D eigenvalue weighted by atomic mass is 32.2. The number of aromatic amines is 1. The van der Waals surface area contributed by atoms with E-state index in [2.05, 4.69) is 22.1 Å². The molecule has 1 atom stereocenters. The Morgan fingerprint density at radius 1 is 1.08 bits per heavy atom.